The molecule has 2 saturated heterocycles. The van der Waals surface area contributed by atoms with Crippen LogP contribution in [0.1, 0.15) is 25.7 Å². The molecule has 19 heavy (non-hydrogen) atoms. The molecule has 1 amide bonds. The summed E-state index contributed by atoms with van der Waals surface area (Å²) in [6.07, 6.45) is 4.35. The van der Waals surface area contributed by atoms with Crippen molar-refractivity contribution in [1.29, 1.82) is 0 Å². The topological polar surface area (TPSA) is 44.4 Å². The van der Waals surface area contributed by atoms with Crippen molar-refractivity contribution in [3.05, 3.63) is 0 Å². The van der Waals surface area contributed by atoms with E-state index in [1.807, 2.05) is 11.8 Å². The lowest BCUT2D eigenvalue weighted by Crippen LogP contribution is -2.41. The van der Waals surface area contributed by atoms with Crippen molar-refractivity contribution in [2.24, 2.45) is 5.92 Å². The minimum absolute atomic E-state index is 0.216. The van der Waals surface area contributed by atoms with Crippen LogP contribution >= 0.6 is 11.8 Å². The Morgan fingerprint density at radius 2 is 2.21 bits per heavy atom. The minimum atomic E-state index is 0.216. The van der Waals surface area contributed by atoms with Gasteiger partial charge in [-0.2, -0.15) is 11.8 Å². The van der Waals surface area contributed by atoms with E-state index in [1.165, 1.54) is 31.7 Å². The molecule has 2 aliphatic heterocycles. The van der Waals surface area contributed by atoms with Gasteiger partial charge in [-0.05, 0) is 45.3 Å². The first-order chi connectivity index (χ1) is 9.24. The van der Waals surface area contributed by atoms with E-state index >= 15 is 0 Å². The van der Waals surface area contributed by atoms with Crippen molar-refractivity contribution < 1.29 is 4.79 Å². The Kier molecular flexibility index (Phi) is 6.47. The molecule has 0 bridgehead atoms. The Bertz CT molecular complexity index is 274. The molecule has 2 aliphatic rings. The number of piperidine rings is 1. The lowest BCUT2D eigenvalue weighted by molar-refractivity contribution is -0.121. The van der Waals surface area contributed by atoms with Gasteiger partial charge in [-0.15, -0.1) is 0 Å². The van der Waals surface area contributed by atoms with Gasteiger partial charge < -0.3 is 15.5 Å². The highest BCUT2D eigenvalue weighted by molar-refractivity contribution is 7.99. The molecule has 0 aromatic carbocycles. The van der Waals surface area contributed by atoms with Crippen LogP contribution in [0, 0.1) is 5.92 Å². The van der Waals surface area contributed by atoms with Crippen LogP contribution in [-0.2, 0) is 4.79 Å². The van der Waals surface area contributed by atoms with Gasteiger partial charge in [0.05, 0.1) is 0 Å². The molecule has 0 radical (unpaired) electrons. The zero-order chi connectivity index (χ0) is 13.5. The molecule has 110 valence electrons. The van der Waals surface area contributed by atoms with Crippen LogP contribution in [0.2, 0.25) is 0 Å². The summed E-state index contributed by atoms with van der Waals surface area (Å²) in [5.41, 5.74) is 0. The predicted octanol–water partition coefficient (Wildman–Crippen LogP) is 0.930. The molecular weight excluding hydrogens is 258 g/mol. The molecule has 0 aliphatic carbocycles. The maximum absolute atomic E-state index is 11.8. The molecule has 0 spiro atoms. The van der Waals surface area contributed by atoms with Gasteiger partial charge in [-0.1, -0.05) is 0 Å². The summed E-state index contributed by atoms with van der Waals surface area (Å²) in [5.74, 6) is 3.27. The van der Waals surface area contributed by atoms with Gasteiger partial charge in [-0.3, -0.25) is 4.79 Å². The Labute approximate surface area is 121 Å². The SMILES string of the molecule is CN1CCC(CCNC(=O)CC2CSCCN2)CC1. The van der Waals surface area contributed by atoms with Crippen LogP contribution in [0.5, 0.6) is 0 Å². The third-order valence-corrected chi connectivity index (χ3v) is 5.27. The van der Waals surface area contributed by atoms with Crippen LogP contribution in [0.3, 0.4) is 0 Å². The van der Waals surface area contributed by atoms with Crippen molar-refractivity contribution in [1.82, 2.24) is 15.5 Å². The normalized spacial score (nSPS) is 26.3. The predicted molar refractivity (Wildman–Crippen MR) is 81.6 cm³/mol. The highest BCUT2D eigenvalue weighted by atomic mass is 32.2. The van der Waals surface area contributed by atoms with Gasteiger partial charge in [0.25, 0.3) is 0 Å². The Morgan fingerprint density at radius 3 is 2.89 bits per heavy atom. The number of carbonyl (C=O) groups is 1. The molecule has 4 nitrogen and oxygen atoms in total. The molecule has 2 N–H and O–H groups in total. The molecule has 0 saturated carbocycles. The second-order valence-electron chi connectivity index (χ2n) is 5.82. The maximum Gasteiger partial charge on any atom is 0.221 e. The second-order valence-corrected chi connectivity index (χ2v) is 6.97. The number of thioether (sulfide) groups is 1. The van der Waals surface area contributed by atoms with Crippen LogP contribution in [0.4, 0.5) is 0 Å². The Morgan fingerprint density at radius 1 is 1.42 bits per heavy atom. The third-order valence-electron chi connectivity index (χ3n) is 4.14. The average Bonchev–Trinajstić information content (AvgIpc) is 2.42. The highest BCUT2D eigenvalue weighted by Crippen LogP contribution is 2.18. The van der Waals surface area contributed by atoms with E-state index in [-0.39, 0.29) is 5.91 Å². The number of amides is 1. The van der Waals surface area contributed by atoms with Crippen molar-refractivity contribution in [2.45, 2.75) is 31.7 Å². The molecule has 0 aromatic heterocycles. The summed E-state index contributed by atoms with van der Waals surface area (Å²) >= 11 is 1.94. The number of carbonyl (C=O) groups excluding carboxylic acids is 1. The van der Waals surface area contributed by atoms with E-state index in [0.29, 0.717) is 12.5 Å². The van der Waals surface area contributed by atoms with Gasteiger partial charge in [0.1, 0.15) is 0 Å². The zero-order valence-electron chi connectivity index (χ0n) is 12.0. The number of likely N-dealkylation sites (tertiary alicyclic amines) is 1. The molecule has 0 aromatic rings. The van der Waals surface area contributed by atoms with Crippen molar-refractivity contribution in [3.63, 3.8) is 0 Å². The molecule has 5 heteroatoms. The third kappa shape index (κ3) is 5.71. The number of hydrogen-bond acceptors (Lipinski definition) is 4. The summed E-state index contributed by atoms with van der Waals surface area (Å²) in [4.78, 5) is 14.2. The molecule has 1 atom stereocenters. The van der Waals surface area contributed by atoms with E-state index in [4.69, 9.17) is 0 Å². The van der Waals surface area contributed by atoms with Gasteiger partial charge >= 0.3 is 0 Å². The fourth-order valence-corrected chi connectivity index (χ4v) is 3.76. The summed E-state index contributed by atoms with van der Waals surface area (Å²) < 4.78 is 0. The number of hydrogen-bond donors (Lipinski definition) is 2. The lowest BCUT2D eigenvalue weighted by Gasteiger charge is -2.29. The van der Waals surface area contributed by atoms with Crippen molar-refractivity contribution in [2.75, 3.05) is 44.7 Å². The van der Waals surface area contributed by atoms with Crippen molar-refractivity contribution >= 4 is 17.7 Å². The van der Waals surface area contributed by atoms with Gasteiger partial charge in [0.15, 0.2) is 0 Å². The molecular formula is C14H27N3OS. The van der Waals surface area contributed by atoms with Crippen LogP contribution in [-0.4, -0.2) is 61.6 Å². The monoisotopic (exact) mass is 285 g/mol. The highest BCUT2D eigenvalue weighted by Gasteiger charge is 2.18. The standard InChI is InChI=1S/C14H27N3OS/c1-17-7-3-12(4-8-17)2-5-16-14(18)10-13-11-19-9-6-15-13/h12-13,15H,2-11H2,1H3,(H,16,18). The molecule has 2 fully saturated rings. The molecule has 2 rings (SSSR count). The number of nitrogens with zero attached hydrogens (tertiary/aromatic N) is 1. The summed E-state index contributed by atoms with van der Waals surface area (Å²) in [6, 6.07) is 0.377. The Balaban J connectivity index is 1.53. The van der Waals surface area contributed by atoms with Gasteiger partial charge in [0, 0.05) is 37.1 Å². The number of rotatable bonds is 5. The van der Waals surface area contributed by atoms with Crippen molar-refractivity contribution in [3.8, 4) is 0 Å². The lowest BCUT2D eigenvalue weighted by atomic mass is 9.94. The molecule has 1 unspecified atom stereocenters. The van der Waals surface area contributed by atoms with Gasteiger partial charge in [-0.25, -0.2) is 0 Å². The zero-order valence-corrected chi connectivity index (χ0v) is 12.8. The van der Waals surface area contributed by atoms with Crippen LogP contribution < -0.4 is 10.6 Å². The Hall–Kier alpha value is -0.260. The van der Waals surface area contributed by atoms with E-state index in [2.05, 4.69) is 22.6 Å². The van der Waals surface area contributed by atoms with Crippen LogP contribution in [0.15, 0.2) is 0 Å². The first-order valence-corrected chi connectivity index (χ1v) is 8.66. The maximum atomic E-state index is 11.8. The fraction of sp³-hybridized carbons (Fsp3) is 0.929. The first kappa shape index (κ1) is 15.1. The quantitative estimate of drug-likeness (QED) is 0.789. The first-order valence-electron chi connectivity index (χ1n) is 7.50. The summed E-state index contributed by atoms with van der Waals surface area (Å²) in [6.45, 7) is 4.31. The average molecular weight is 285 g/mol. The van der Waals surface area contributed by atoms with Crippen LogP contribution in [0.25, 0.3) is 0 Å². The fourth-order valence-electron chi connectivity index (χ4n) is 2.81. The van der Waals surface area contributed by atoms with E-state index in [1.54, 1.807) is 0 Å². The largest absolute Gasteiger partial charge is 0.356 e. The van der Waals surface area contributed by atoms with E-state index in [9.17, 15) is 4.79 Å². The summed E-state index contributed by atoms with van der Waals surface area (Å²) in [7, 11) is 2.19. The van der Waals surface area contributed by atoms with E-state index in [0.717, 1.165) is 31.2 Å². The number of nitrogens with one attached hydrogen (secondary N) is 2. The summed E-state index contributed by atoms with van der Waals surface area (Å²) in [5, 5.41) is 6.49. The second kappa shape index (κ2) is 8.12. The minimum Gasteiger partial charge on any atom is -0.356 e. The van der Waals surface area contributed by atoms with E-state index < -0.39 is 0 Å². The smallest absolute Gasteiger partial charge is 0.221 e. The van der Waals surface area contributed by atoms with Gasteiger partial charge in [0.2, 0.25) is 5.91 Å². The molecule has 2 heterocycles.